The van der Waals surface area contributed by atoms with Gasteiger partial charge in [0.05, 0.1) is 21.9 Å². The zero-order valence-electron chi connectivity index (χ0n) is 29.0. The molecule has 0 aliphatic carbocycles. The van der Waals surface area contributed by atoms with Crippen molar-refractivity contribution < 1.29 is 8.83 Å². The molecule has 8 aromatic carbocycles. The first-order chi connectivity index (χ1) is 26.8. The molecule has 252 valence electrons. The average Bonchev–Trinajstić information content (AvgIpc) is 3.97. The van der Waals surface area contributed by atoms with Crippen molar-refractivity contribution in [1.29, 1.82) is 0 Å². The van der Waals surface area contributed by atoms with Gasteiger partial charge in [-0.05, 0) is 95.1 Å². The number of para-hydroxylation sites is 4. The standard InChI is InChI=1S/C50H30N2O2/c1-2-11-34(12-3-1)52-44-18-10-16-36(48(44)49-40-15-6-9-20-46(40)54-50(49)52)31-21-25-35(26-22-31)51-42-17-7-4-13-37(42)41-29-32(24-28-43(41)51)33-23-27-39-38-14-5-8-19-45(38)53-47(39)30-33/h1-30H. The van der Waals surface area contributed by atoms with Gasteiger partial charge >= 0.3 is 0 Å². The smallest absolute Gasteiger partial charge is 0.213 e. The average molecular weight is 691 g/mol. The van der Waals surface area contributed by atoms with Crippen LogP contribution >= 0.6 is 0 Å². The molecule has 0 atom stereocenters. The maximum absolute atomic E-state index is 6.59. The van der Waals surface area contributed by atoms with Crippen LogP contribution in [0.1, 0.15) is 0 Å². The van der Waals surface area contributed by atoms with Gasteiger partial charge in [0.25, 0.3) is 0 Å². The summed E-state index contributed by atoms with van der Waals surface area (Å²) in [5.74, 6) is 0. The van der Waals surface area contributed by atoms with Crippen molar-refractivity contribution >= 4 is 76.7 Å². The molecule has 0 bridgehead atoms. The lowest BCUT2D eigenvalue weighted by Crippen LogP contribution is -1.94. The second-order valence-electron chi connectivity index (χ2n) is 14.1. The Kier molecular flexibility index (Phi) is 6.02. The van der Waals surface area contributed by atoms with Gasteiger partial charge in [-0.1, -0.05) is 109 Å². The normalized spacial score (nSPS) is 12.1. The summed E-state index contributed by atoms with van der Waals surface area (Å²) in [6.07, 6.45) is 0. The minimum atomic E-state index is 0.864. The van der Waals surface area contributed by atoms with Crippen LogP contribution in [0.2, 0.25) is 0 Å². The van der Waals surface area contributed by atoms with Crippen LogP contribution < -0.4 is 0 Å². The highest BCUT2D eigenvalue weighted by Crippen LogP contribution is 2.44. The van der Waals surface area contributed by atoms with Crippen LogP contribution in [0.25, 0.3) is 110 Å². The number of furan rings is 2. The Bertz CT molecular complexity index is 3430. The van der Waals surface area contributed by atoms with Crippen LogP contribution in [0.3, 0.4) is 0 Å². The van der Waals surface area contributed by atoms with Gasteiger partial charge < -0.3 is 13.4 Å². The summed E-state index contributed by atoms with van der Waals surface area (Å²) in [7, 11) is 0. The maximum atomic E-state index is 6.59. The van der Waals surface area contributed by atoms with E-state index in [9.17, 15) is 0 Å². The van der Waals surface area contributed by atoms with Gasteiger partial charge in [-0.2, -0.15) is 0 Å². The van der Waals surface area contributed by atoms with E-state index in [1.54, 1.807) is 0 Å². The molecule has 4 aromatic heterocycles. The number of rotatable bonds is 4. The van der Waals surface area contributed by atoms with Crippen LogP contribution in [0.15, 0.2) is 191 Å². The van der Waals surface area contributed by atoms with Crippen molar-refractivity contribution in [3.05, 3.63) is 182 Å². The van der Waals surface area contributed by atoms with Crippen LogP contribution in [-0.4, -0.2) is 9.13 Å². The summed E-state index contributed by atoms with van der Waals surface area (Å²) < 4.78 is 17.5. The zero-order valence-corrected chi connectivity index (χ0v) is 29.0. The predicted octanol–water partition coefficient (Wildman–Crippen LogP) is 13.9. The third-order valence-corrected chi connectivity index (χ3v) is 11.1. The largest absolute Gasteiger partial charge is 0.456 e. The summed E-state index contributed by atoms with van der Waals surface area (Å²) in [6, 6.07) is 64.8. The van der Waals surface area contributed by atoms with E-state index >= 15 is 0 Å². The number of benzene rings is 8. The monoisotopic (exact) mass is 690 g/mol. The van der Waals surface area contributed by atoms with Gasteiger partial charge in [-0.3, -0.25) is 4.57 Å². The molecule has 0 aliphatic rings. The second-order valence-corrected chi connectivity index (χ2v) is 14.1. The van der Waals surface area contributed by atoms with E-state index in [0.717, 1.165) is 77.6 Å². The molecule has 0 saturated carbocycles. The molecule has 0 spiro atoms. The molecule has 0 amide bonds. The predicted molar refractivity (Wildman–Crippen MR) is 223 cm³/mol. The SMILES string of the molecule is c1ccc(-n2c3cccc(-c4ccc(-n5c6ccccc6c6cc(-c7ccc8c(c7)oc7ccccc78)ccc65)cc4)c3c3c4ccccc4oc32)cc1. The molecule has 4 heteroatoms. The molecular weight excluding hydrogens is 661 g/mol. The summed E-state index contributed by atoms with van der Waals surface area (Å²) in [6.45, 7) is 0. The topological polar surface area (TPSA) is 36.1 Å². The lowest BCUT2D eigenvalue weighted by Gasteiger charge is -2.11. The molecule has 0 fully saturated rings. The Morgan fingerprint density at radius 1 is 0.315 bits per heavy atom. The van der Waals surface area contributed by atoms with Crippen LogP contribution in [0, 0.1) is 0 Å². The van der Waals surface area contributed by atoms with Gasteiger partial charge in [0.2, 0.25) is 5.71 Å². The third-order valence-electron chi connectivity index (χ3n) is 11.1. The van der Waals surface area contributed by atoms with E-state index in [4.69, 9.17) is 8.83 Å². The lowest BCUT2D eigenvalue weighted by molar-refractivity contribution is 0.645. The minimum absolute atomic E-state index is 0.864. The molecule has 0 radical (unpaired) electrons. The first-order valence-corrected chi connectivity index (χ1v) is 18.3. The van der Waals surface area contributed by atoms with E-state index in [1.807, 2.05) is 18.2 Å². The second kappa shape index (κ2) is 11.1. The number of nitrogens with zero attached hydrogens (tertiary/aromatic N) is 2. The Labute approximate surface area is 309 Å². The van der Waals surface area contributed by atoms with Gasteiger partial charge in [0.1, 0.15) is 16.7 Å². The fraction of sp³-hybridized carbons (Fsp3) is 0. The van der Waals surface area contributed by atoms with Crippen molar-refractivity contribution in [2.45, 2.75) is 0 Å². The van der Waals surface area contributed by atoms with E-state index in [2.05, 4.69) is 173 Å². The lowest BCUT2D eigenvalue weighted by atomic mass is 9.99. The van der Waals surface area contributed by atoms with E-state index in [1.165, 1.54) is 32.8 Å². The quantitative estimate of drug-likeness (QED) is 0.184. The molecule has 0 N–H and O–H groups in total. The van der Waals surface area contributed by atoms with Crippen molar-refractivity contribution in [2.75, 3.05) is 0 Å². The number of fused-ring (bicyclic) bond motifs is 11. The van der Waals surface area contributed by atoms with Crippen LogP contribution in [0.4, 0.5) is 0 Å². The molecule has 12 aromatic rings. The first kappa shape index (κ1) is 29.3. The van der Waals surface area contributed by atoms with Crippen molar-refractivity contribution in [1.82, 2.24) is 9.13 Å². The molecule has 0 saturated heterocycles. The fourth-order valence-corrected chi connectivity index (χ4v) is 8.73. The van der Waals surface area contributed by atoms with Crippen molar-refractivity contribution in [3.63, 3.8) is 0 Å². The summed E-state index contributed by atoms with van der Waals surface area (Å²) in [4.78, 5) is 0. The maximum Gasteiger partial charge on any atom is 0.213 e. The van der Waals surface area contributed by atoms with Crippen LogP contribution in [-0.2, 0) is 0 Å². The Balaban J connectivity index is 1.01. The highest BCUT2D eigenvalue weighted by Gasteiger charge is 2.22. The van der Waals surface area contributed by atoms with Gasteiger partial charge in [0, 0.05) is 43.7 Å². The van der Waals surface area contributed by atoms with Gasteiger partial charge in [-0.15, -0.1) is 0 Å². The first-order valence-electron chi connectivity index (χ1n) is 18.3. The molecule has 4 nitrogen and oxygen atoms in total. The molecule has 0 aliphatic heterocycles. The van der Waals surface area contributed by atoms with Crippen molar-refractivity contribution in [2.24, 2.45) is 0 Å². The Morgan fingerprint density at radius 3 is 1.78 bits per heavy atom. The highest BCUT2D eigenvalue weighted by atomic mass is 16.3. The molecule has 4 heterocycles. The zero-order chi connectivity index (χ0) is 35.3. The number of aromatic nitrogens is 2. The number of hydrogen-bond donors (Lipinski definition) is 0. The molecule has 54 heavy (non-hydrogen) atoms. The molecular formula is C50H30N2O2. The molecule has 0 unspecified atom stereocenters. The molecule has 12 rings (SSSR count). The summed E-state index contributed by atoms with van der Waals surface area (Å²) >= 11 is 0. The van der Waals surface area contributed by atoms with E-state index < -0.39 is 0 Å². The highest BCUT2D eigenvalue weighted by molar-refractivity contribution is 6.24. The minimum Gasteiger partial charge on any atom is -0.456 e. The van der Waals surface area contributed by atoms with E-state index in [-0.39, 0.29) is 0 Å². The fourth-order valence-electron chi connectivity index (χ4n) is 8.73. The van der Waals surface area contributed by atoms with Gasteiger partial charge in [-0.25, -0.2) is 0 Å². The van der Waals surface area contributed by atoms with Gasteiger partial charge in [0.15, 0.2) is 0 Å². The van der Waals surface area contributed by atoms with Crippen molar-refractivity contribution in [3.8, 4) is 33.6 Å². The number of hydrogen-bond acceptors (Lipinski definition) is 2. The Morgan fingerprint density at radius 2 is 0.926 bits per heavy atom. The summed E-state index contributed by atoms with van der Waals surface area (Å²) in [5, 5.41) is 8.19. The third kappa shape index (κ3) is 4.13. The van der Waals surface area contributed by atoms with E-state index in [0.29, 0.717) is 0 Å². The summed E-state index contributed by atoms with van der Waals surface area (Å²) in [5.41, 5.74) is 13.9. The van der Waals surface area contributed by atoms with Crippen LogP contribution in [0.5, 0.6) is 0 Å². The Hall–Kier alpha value is -7.30.